The van der Waals surface area contributed by atoms with Crippen LogP contribution in [0.1, 0.15) is 37.4 Å². The number of hydrogen-bond donors (Lipinski definition) is 1. The van der Waals surface area contributed by atoms with E-state index in [1.165, 1.54) is 11.3 Å². The summed E-state index contributed by atoms with van der Waals surface area (Å²) in [5.41, 5.74) is 2.51. The second-order valence-corrected chi connectivity index (χ2v) is 5.19. The van der Waals surface area contributed by atoms with Crippen molar-refractivity contribution in [2.75, 3.05) is 19.6 Å². The average molecular weight is 248 g/mol. The van der Waals surface area contributed by atoms with Gasteiger partial charge >= 0.3 is 0 Å². The van der Waals surface area contributed by atoms with E-state index in [4.69, 9.17) is 0 Å². The van der Waals surface area contributed by atoms with Gasteiger partial charge in [-0.2, -0.15) is 0 Å². The van der Waals surface area contributed by atoms with Gasteiger partial charge in [0.1, 0.15) is 0 Å². The molecule has 0 aliphatic carbocycles. The Balaban J connectivity index is 1.68. The number of hydrogen-bond acceptors (Lipinski definition) is 3. The van der Waals surface area contributed by atoms with E-state index in [-0.39, 0.29) is 6.10 Å². The van der Waals surface area contributed by atoms with Crippen LogP contribution in [0.3, 0.4) is 0 Å². The molecule has 1 aliphatic rings. The number of aromatic nitrogens is 1. The van der Waals surface area contributed by atoms with Gasteiger partial charge in [-0.05, 0) is 50.3 Å². The molecular weight excluding hydrogens is 224 g/mol. The van der Waals surface area contributed by atoms with Crippen molar-refractivity contribution in [3.63, 3.8) is 0 Å². The lowest BCUT2D eigenvalue weighted by atomic mass is 10.1. The number of aryl methyl sites for hydroxylation is 2. The summed E-state index contributed by atoms with van der Waals surface area (Å²) in [6.07, 6.45) is 7.07. The highest BCUT2D eigenvalue weighted by atomic mass is 16.3. The largest absolute Gasteiger partial charge is 0.393 e. The van der Waals surface area contributed by atoms with E-state index in [2.05, 4.69) is 28.9 Å². The van der Waals surface area contributed by atoms with Crippen molar-refractivity contribution in [1.82, 2.24) is 9.88 Å². The Bertz CT molecular complexity index is 342. The molecule has 100 valence electrons. The number of aliphatic hydroxyl groups is 1. The summed E-state index contributed by atoms with van der Waals surface area (Å²) in [7, 11) is 0. The maximum Gasteiger partial charge on any atom is 0.0564 e. The zero-order valence-corrected chi connectivity index (χ0v) is 11.3. The summed E-state index contributed by atoms with van der Waals surface area (Å²) in [5.74, 6) is 0. The molecule has 0 bridgehead atoms. The number of aliphatic hydroxyl groups excluding tert-OH is 1. The van der Waals surface area contributed by atoms with Gasteiger partial charge in [0.05, 0.1) is 6.10 Å². The van der Waals surface area contributed by atoms with Crippen molar-refractivity contribution >= 4 is 0 Å². The molecule has 3 heteroatoms. The summed E-state index contributed by atoms with van der Waals surface area (Å²) in [4.78, 5) is 6.94. The normalized spacial score (nSPS) is 18.1. The monoisotopic (exact) mass is 248 g/mol. The van der Waals surface area contributed by atoms with Gasteiger partial charge in [0.25, 0.3) is 0 Å². The Morgan fingerprint density at radius 3 is 2.72 bits per heavy atom. The van der Waals surface area contributed by atoms with Crippen LogP contribution in [-0.4, -0.2) is 40.7 Å². The first-order valence-electron chi connectivity index (χ1n) is 7.12. The molecule has 0 radical (unpaired) electrons. The molecule has 18 heavy (non-hydrogen) atoms. The molecule has 0 unspecified atom stereocenters. The summed E-state index contributed by atoms with van der Waals surface area (Å²) in [6, 6.07) is 4.33. The van der Waals surface area contributed by atoms with Gasteiger partial charge in [-0.3, -0.25) is 4.98 Å². The molecule has 1 aromatic heterocycles. The van der Waals surface area contributed by atoms with Crippen molar-refractivity contribution in [3.05, 3.63) is 29.6 Å². The van der Waals surface area contributed by atoms with Crippen LogP contribution in [0.4, 0.5) is 0 Å². The Morgan fingerprint density at radius 2 is 2.11 bits per heavy atom. The lowest BCUT2D eigenvalue weighted by molar-refractivity contribution is 0.0821. The number of likely N-dealkylation sites (tertiary alicyclic amines) is 1. The summed E-state index contributed by atoms with van der Waals surface area (Å²) in [5, 5.41) is 9.44. The van der Waals surface area contributed by atoms with E-state index in [0.29, 0.717) is 0 Å². The minimum Gasteiger partial charge on any atom is -0.393 e. The smallest absolute Gasteiger partial charge is 0.0564 e. The Morgan fingerprint density at radius 1 is 1.33 bits per heavy atom. The molecule has 2 rings (SSSR count). The molecule has 0 saturated carbocycles. The fourth-order valence-electron chi connectivity index (χ4n) is 2.44. The van der Waals surface area contributed by atoms with Crippen molar-refractivity contribution in [2.45, 2.75) is 45.1 Å². The Hall–Kier alpha value is -0.930. The first kappa shape index (κ1) is 13.5. The van der Waals surface area contributed by atoms with E-state index in [0.717, 1.165) is 51.7 Å². The van der Waals surface area contributed by atoms with Crippen molar-refractivity contribution in [2.24, 2.45) is 0 Å². The molecule has 1 aromatic rings. The van der Waals surface area contributed by atoms with E-state index in [1.807, 2.05) is 6.20 Å². The van der Waals surface area contributed by atoms with Crippen LogP contribution >= 0.6 is 0 Å². The maximum absolute atomic E-state index is 9.44. The van der Waals surface area contributed by atoms with Gasteiger partial charge < -0.3 is 10.0 Å². The molecule has 1 saturated heterocycles. The van der Waals surface area contributed by atoms with E-state index < -0.39 is 0 Å². The predicted molar refractivity (Wildman–Crippen MR) is 73.6 cm³/mol. The van der Waals surface area contributed by atoms with Gasteiger partial charge in [-0.1, -0.05) is 13.0 Å². The van der Waals surface area contributed by atoms with Crippen molar-refractivity contribution in [3.8, 4) is 0 Å². The molecule has 3 nitrogen and oxygen atoms in total. The Labute approximate surface area is 110 Å². The molecule has 0 amide bonds. The minimum atomic E-state index is -0.0653. The zero-order valence-electron chi connectivity index (χ0n) is 11.3. The molecule has 2 heterocycles. The van der Waals surface area contributed by atoms with Crippen LogP contribution in [0.5, 0.6) is 0 Å². The van der Waals surface area contributed by atoms with Crippen LogP contribution in [-0.2, 0) is 12.8 Å². The van der Waals surface area contributed by atoms with Crippen LogP contribution in [0.25, 0.3) is 0 Å². The second kappa shape index (κ2) is 6.86. The third-order valence-electron chi connectivity index (χ3n) is 3.76. The minimum absolute atomic E-state index is 0.0653. The average Bonchev–Trinajstić information content (AvgIpc) is 2.42. The maximum atomic E-state index is 9.44. The highest BCUT2D eigenvalue weighted by Gasteiger charge is 2.15. The number of rotatable bonds is 5. The van der Waals surface area contributed by atoms with Gasteiger partial charge in [0.15, 0.2) is 0 Å². The van der Waals surface area contributed by atoms with E-state index in [9.17, 15) is 5.11 Å². The lowest BCUT2D eigenvalue weighted by Gasteiger charge is -2.29. The van der Waals surface area contributed by atoms with Gasteiger partial charge in [0.2, 0.25) is 0 Å². The first-order chi connectivity index (χ1) is 8.78. The van der Waals surface area contributed by atoms with Crippen LogP contribution < -0.4 is 0 Å². The van der Waals surface area contributed by atoms with Crippen LogP contribution in [0, 0.1) is 0 Å². The fourth-order valence-corrected chi connectivity index (χ4v) is 2.44. The van der Waals surface area contributed by atoms with Gasteiger partial charge in [-0.25, -0.2) is 0 Å². The third-order valence-corrected chi connectivity index (χ3v) is 3.76. The predicted octanol–water partition coefficient (Wildman–Crippen LogP) is 2.03. The molecular formula is C15H24N2O. The van der Waals surface area contributed by atoms with Crippen molar-refractivity contribution < 1.29 is 5.11 Å². The molecule has 0 aromatic carbocycles. The summed E-state index contributed by atoms with van der Waals surface area (Å²) >= 11 is 0. The van der Waals surface area contributed by atoms with E-state index >= 15 is 0 Å². The summed E-state index contributed by atoms with van der Waals surface area (Å²) in [6.45, 7) is 5.37. The van der Waals surface area contributed by atoms with E-state index in [1.54, 1.807) is 0 Å². The summed E-state index contributed by atoms with van der Waals surface area (Å²) < 4.78 is 0. The van der Waals surface area contributed by atoms with Crippen LogP contribution in [0.2, 0.25) is 0 Å². The highest BCUT2D eigenvalue weighted by molar-refractivity contribution is 5.13. The van der Waals surface area contributed by atoms with Crippen molar-refractivity contribution in [1.29, 1.82) is 0 Å². The number of piperidine rings is 1. The topological polar surface area (TPSA) is 36.4 Å². The fraction of sp³-hybridized carbons (Fsp3) is 0.667. The van der Waals surface area contributed by atoms with Gasteiger partial charge in [-0.15, -0.1) is 0 Å². The molecule has 0 spiro atoms. The third kappa shape index (κ3) is 4.07. The molecule has 1 N–H and O–H groups in total. The molecule has 1 aliphatic heterocycles. The second-order valence-electron chi connectivity index (χ2n) is 5.19. The quantitative estimate of drug-likeness (QED) is 0.866. The zero-order chi connectivity index (χ0) is 12.8. The number of nitrogens with zero attached hydrogens (tertiary/aromatic N) is 2. The Kier molecular flexibility index (Phi) is 5.14. The SMILES string of the molecule is CCc1ccc(CCCN2CCC(O)CC2)nc1. The van der Waals surface area contributed by atoms with Gasteiger partial charge in [0, 0.05) is 25.0 Å². The number of pyridine rings is 1. The standard InChI is InChI=1S/C15H24N2O/c1-2-13-5-6-14(16-12-13)4-3-9-17-10-7-15(18)8-11-17/h5-6,12,15,18H,2-4,7-11H2,1H3. The highest BCUT2D eigenvalue weighted by Crippen LogP contribution is 2.11. The molecule has 0 atom stereocenters. The lowest BCUT2D eigenvalue weighted by Crippen LogP contribution is -2.36. The molecule has 1 fully saturated rings. The van der Waals surface area contributed by atoms with Crippen LogP contribution in [0.15, 0.2) is 18.3 Å². The first-order valence-corrected chi connectivity index (χ1v) is 7.12.